The highest BCUT2D eigenvalue weighted by Gasteiger charge is 2.12. The van der Waals surface area contributed by atoms with Gasteiger partial charge in [0.2, 0.25) is 0 Å². The largest absolute Gasteiger partial charge is 0.351 e. The van der Waals surface area contributed by atoms with Crippen LogP contribution in [0.2, 0.25) is 0 Å². The number of carbonyl (C=O) groups is 1. The number of nitrogens with one attached hydrogen (secondary N) is 1. The highest BCUT2D eigenvalue weighted by Crippen LogP contribution is 2.08. The van der Waals surface area contributed by atoms with Crippen LogP contribution < -0.4 is 5.32 Å². The second-order valence-electron chi connectivity index (χ2n) is 2.71. The van der Waals surface area contributed by atoms with Crippen LogP contribution in [0.15, 0.2) is 12.3 Å². The smallest absolute Gasteiger partial charge is 0.333 e. The van der Waals surface area contributed by atoms with Crippen molar-refractivity contribution >= 4 is 5.91 Å². The van der Waals surface area contributed by atoms with Crippen molar-refractivity contribution in [1.82, 2.24) is 15.1 Å². The summed E-state index contributed by atoms with van der Waals surface area (Å²) in [6, 6.07) is 1.26. The van der Waals surface area contributed by atoms with E-state index in [1.807, 2.05) is 6.92 Å². The molecule has 0 bridgehead atoms. The van der Waals surface area contributed by atoms with Gasteiger partial charge in [-0.2, -0.15) is 13.9 Å². The third-order valence-electron chi connectivity index (χ3n) is 1.58. The van der Waals surface area contributed by atoms with E-state index in [2.05, 4.69) is 10.4 Å². The maximum atomic E-state index is 12.1. The number of amides is 1. The first-order valence-electron chi connectivity index (χ1n) is 4.26. The van der Waals surface area contributed by atoms with Crippen molar-refractivity contribution in [2.45, 2.75) is 19.9 Å². The van der Waals surface area contributed by atoms with Gasteiger partial charge in [0.05, 0.1) is 0 Å². The molecule has 4 nitrogen and oxygen atoms in total. The summed E-state index contributed by atoms with van der Waals surface area (Å²) in [6.07, 6.45) is 1.87. The van der Waals surface area contributed by atoms with Gasteiger partial charge in [-0.1, -0.05) is 6.92 Å². The molecule has 14 heavy (non-hydrogen) atoms. The summed E-state index contributed by atoms with van der Waals surface area (Å²) in [5, 5.41) is 5.96. The molecular formula is C8H11F2N3O. The fraction of sp³-hybridized carbons (Fsp3) is 0.500. The normalized spacial score (nSPS) is 10.6. The predicted molar refractivity (Wildman–Crippen MR) is 46.1 cm³/mol. The average molecular weight is 203 g/mol. The summed E-state index contributed by atoms with van der Waals surface area (Å²) < 4.78 is 24.6. The highest BCUT2D eigenvalue weighted by atomic mass is 19.3. The van der Waals surface area contributed by atoms with Crippen molar-refractivity contribution in [3.63, 3.8) is 0 Å². The van der Waals surface area contributed by atoms with Gasteiger partial charge in [-0.3, -0.25) is 4.79 Å². The second kappa shape index (κ2) is 4.69. The van der Waals surface area contributed by atoms with E-state index in [9.17, 15) is 13.6 Å². The lowest BCUT2D eigenvalue weighted by molar-refractivity contribution is 0.0560. The molecule has 0 aliphatic carbocycles. The standard InChI is InChI=1S/C8H11F2N3O/c1-2-4-11-7(14)6-3-5-13(12-6)8(9)10/h3,5,8H,2,4H2,1H3,(H,11,14). The SMILES string of the molecule is CCCNC(=O)c1ccn(C(F)F)n1. The van der Waals surface area contributed by atoms with Crippen LogP contribution in [-0.4, -0.2) is 22.2 Å². The number of aromatic nitrogens is 2. The Hall–Kier alpha value is -1.46. The molecule has 1 rings (SSSR count). The van der Waals surface area contributed by atoms with E-state index in [-0.39, 0.29) is 5.69 Å². The molecule has 1 aromatic heterocycles. The summed E-state index contributed by atoms with van der Waals surface area (Å²) in [5.41, 5.74) is 0.0127. The van der Waals surface area contributed by atoms with Crippen molar-refractivity contribution in [3.05, 3.63) is 18.0 Å². The van der Waals surface area contributed by atoms with E-state index in [0.29, 0.717) is 11.2 Å². The Labute approximate surface area is 79.9 Å². The Morgan fingerprint density at radius 2 is 2.43 bits per heavy atom. The van der Waals surface area contributed by atoms with Gasteiger partial charge in [-0.15, -0.1) is 0 Å². The van der Waals surface area contributed by atoms with Gasteiger partial charge in [0, 0.05) is 12.7 Å². The molecule has 0 saturated heterocycles. The van der Waals surface area contributed by atoms with Crippen molar-refractivity contribution in [2.75, 3.05) is 6.54 Å². The van der Waals surface area contributed by atoms with Crippen LogP contribution in [0.25, 0.3) is 0 Å². The molecule has 1 aromatic rings. The van der Waals surface area contributed by atoms with Gasteiger partial charge in [0.15, 0.2) is 0 Å². The molecule has 1 N–H and O–H groups in total. The van der Waals surface area contributed by atoms with Crippen molar-refractivity contribution in [1.29, 1.82) is 0 Å². The van der Waals surface area contributed by atoms with Crippen LogP contribution in [0.1, 0.15) is 30.4 Å². The number of halogens is 2. The molecule has 78 valence electrons. The molecule has 0 aliphatic heterocycles. The zero-order valence-electron chi connectivity index (χ0n) is 7.70. The first kappa shape index (κ1) is 10.6. The molecule has 0 spiro atoms. The van der Waals surface area contributed by atoms with Crippen LogP contribution >= 0.6 is 0 Å². The van der Waals surface area contributed by atoms with Gasteiger partial charge in [0.25, 0.3) is 5.91 Å². The first-order valence-corrected chi connectivity index (χ1v) is 4.26. The minimum Gasteiger partial charge on any atom is -0.351 e. The van der Waals surface area contributed by atoms with Gasteiger partial charge in [0.1, 0.15) is 5.69 Å². The highest BCUT2D eigenvalue weighted by molar-refractivity contribution is 5.92. The molecule has 0 radical (unpaired) electrons. The zero-order chi connectivity index (χ0) is 10.6. The van der Waals surface area contributed by atoms with E-state index >= 15 is 0 Å². The monoisotopic (exact) mass is 203 g/mol. The Balaban J connectivity index is 2.62. The maximum Gasteiger partial charge on any atom is 0.333 e. The van der Waals surface area contributed by atoms with Gasteiger partial charge in [-0.05, 0) is 12.5 Å². The minimum absolute atomic E-state index is 0.0127. The number of rotatable bonds is 4. The summed E-state index contributed by atoms with van der Waals surface area (Å²) in [4.78, 5) is 11.2. The summed E-state index contributed by atoms with van der Waals surface area (Å²) in [5.74, 6) is -0.425. The van der Waals surface area contributed by atoms with Crippen LogP contribution in [0.4, 0.5) is 8.78 Å². The number of hydrogen-bond donors (Lipinski definition) is 1. The summed E-state index contributed by atoms with van der Waals surface area (Å²) in [6.45, 7) is -0.291. The molecule has 0 fully saturated rings. The van der Waals surface area contributed by atoms with E-state index in [1.54, 1.807) is 0 Å². The molecule has 0 aromatic carbocycles. The summed E-state index contributed by atoms with van der Waals surface area (Å²) in [7, 11) is 0. The number of carbonyl (C=O) groups excluding carboxylic acids is 1. The lowest BCUT2D eigenvalue weighted by Gasteiger charge is -1.99. The lowest BCUT2D eigenvalue weighted by atomic mass is 10.4. The maximum absolute atomic E-state index is 12.1. The Bertz CT molecular complexity index is 311. The summed E-state index contributed by atoms with van der Waals surface area (Å²) >= 11 is 0. The van der Waals surface area contributed by atoms with Crippen LogP contribution in [0, 0.1) is 0 Å². The second-order valence-corrected chi connectivity index (χ2v) is 2.71. The van der Waals surface area contributed by atoms with Gasteiger partial charge >= 0.3 is 6.55 Å². The lowest BCUT2D eigenvalue weighted by Crippen LogP contribution is -2.24. The fourth-order valence-corrected chi connectivity index (χ4v) is 0.897. The number of hydrogen-bond acceptors (Lipinski definition) is 2. The molecular weight excluding hydrogens is 192 g/mol. The van der Waals surface area contributed by atoms with Crippen molar-refractivity contribution < 1.29 is 13.6 Å². The van der Waals surface area contributed by atoms with Crippen LogP contribution in [0.3, 0.4) is 0 Å². The molecule has 1 amide bonds. The molecule has 6 heteroatoms. The zero-order valence-corrected chi connectivity index (χ0v) is 7.70. The number of alkyl halides is 2. The molecule has 0 unspecified atom stereocenters. The Morgan fingerprint density at radius 3 is 2.93 bits per heavy atom. The van der Waals surface area contributed by atoms with E-state index < -0.39 is 12.5 Å². The van der Waals surface area contributed by atoms with Crippen molar-refractivity contribution in [3.8, 4) is 0 Å². The topological polar surface area (TPSA) is 46.9 Å². The first-order chi connectivity index (χ1) is 6.65. The minimum atomic E-state index is -2.71. The molecule has 0 saturated carbocycles. The van der Waals surface area contributed by atoms with Crippen molar-refractivity contribution in [2.24, 2.45) is 0 Å². The van der Waals surface area contributed by atoms with Gasteiger partial charge < -0.3 is 5.32 Å². The fourth-order valence-electron chi connectivity index (χ4n) is 0.897. The third-order valence-corrected chi connectivity index (χ3v) is 1.58. The third kappa shape index (κ3) is 2.51. The Kier molecular flexibility index (Phi) is 3.55. The quantitative estimate of drug-likeness (QED) is 0.804. The van der Waals surface area contributed by atoms with Crippen LogP contribution in [-0.2, 0) is 0 Å². The van der Waals surface area contributed by atoms with Crippen LogP contribution in [0.5, 0.6) is 0 Å². The predicted octanol–water partition coefficient (Wildman–Crippen LogP) is 1.42. The van der Waals surface area contributed by atoms with E-state index in [4.69, 9.17) is 0 Å². The number of nitrogens with zero attached hydrogens (tertiary/aromatic N) is 2. The van der Waals surface area contributed by atoms with Gasteiger partial charge in [-0.25, -0.2) is 4.68 Å². The average Bonchev–Trinajstić information content (AvgIpc) is 2.62. The molecule has 0 aliphatic rings. The Morgan fingerprint density at radius 1 is 1.71 bits per heavy atom. The molecule has 1 heterocycles. The van der Waals surface area contributed by atoms with E-state index in [1.165, 1.54) is 6.07 Å². The molecule has 0 atom stereocenters. The van der Waals surface area contributed by atoms with E-state index in [0.717, 1.165) is 12.6 Å².